The molecular weight excluding hydrogens is 282 g/mol. The van der Waals surface area contributed by atoms with Crippen molar-refractivity contribution in [2.45, 2.75) is 0 Å². The molecule has 0 fully saturated rings. The van der Waals surface area contributed by atoms with Gasteiger partial charge < -0.3 is 14.8 Å². The summed E-state index contributed by atoms with van der Waals surface area (Å²) < 4.78 is 10.6. The summed E-state index contributed by atoms with van der Waals surface area (Å²) in [7, 11) is 1.58. The zero-order valence-electron chi connectivity index (χ0n) is 12.1. The molecule has 112 valence electrons. The van der Waals surface area contributed by atoms with Gasteiger partial charge in [0.2, 0.25) is 0 Å². The quantitative estimate of drug-likeness (QED) is 0.842. The highest BCUT2D eigenvalue weighted by Crippen LogP contribution is 2.25. The predicted molar refractivity (Wildman–Crippen MR) is 80.6 cm³/mol. The first-order valence-electron chi connectivity index (χ1n) is 6.57. The molecule has 0 radical (unpaired) electrons. The van der Waals surface area contributed by atoms with Gasteiger partial charge in [-0.25, -0.2) is 4.98 Å². The Morgan fingerprint density at radius 3 is 2.77 bits per heavy atom. The van der Waals surface area contributed by atoms with Crippen molar-refractivity contribution < 1.29 is 14.3 Å². The number of hydrogen-bond acceptors (Lipinski definition) is 5. The van der Waals surface area contributed by atoms with Crippen LogP contribution in [0.5, 0.6) is 11.5 Å². The summed E-state index contributed by atoms with van der Waals surface area (Å²) in [6.45, 7) is 0.423. The highest BCUT2D eigenvalue weighted by molar-refractivity contribution is 5.91. The maximum atomic E-state index is 11.7. The van der Waals surface area contributed by atoms with Crippen molar-refractivity contribution in [2.75, 3.05) is 20.3 Å². The van der Waals surface area contributed by atoms with E-state index in [2.05, 4.69) is 27.1 Å². The van der Waals surface area contributed by atoms with Crippen molar-refractivity contribution in [3.8, 4) is 23.3 Å². The number of rotatable bonds is 5. The number of carbonyl (C=O) groups excluding carboxylic acids is 1. The summed E-state index contributed by atoms with van der Waals surface area (Å²) in [6.07, 6.45) is 4.36. The van der Waals surface area contributed by atoms with E-state index in [1.54, 1.807) is 13.2 Å². The third-order valence-corrected chi connectivity index (χ3v) is 2.63. The molecule has 1 heterocycles. The Morgan fingerprint density at radius 2 is 2.05 bits per heavy atom. The number of carbonyl (C=O) groups is 1. The molecule has 0 bridgehead atoms. The molecule has 0 aliphatic carbocycles. The number of para-hydroxylation sites is 2. The molecule has 0 aliphatic heterocycles. The van der Waals surface area contributed by atoms with Gasteiger partial charge >= 0.3 is 0 Å². The summed E-state index contributed by atoms with van der Waals surface area (Å²) in [6, 6.07) is 7.33. The Kier molecular flexibility index (Phi) is 5.76. The van der Waals surface area contributed by atoms with Crippen molar-refractivity contribution in [2.24, 2.45) is 0 Å². The topological polar surface area (TPSA) is 73.3 Å². The average molecular weight is 297 g/mol. The summed E-state index contributed by atoms with van der Waals surface area (Å²) in [4.78, 5) is 19.4. The molecule has 6 nitrogen and oxygen atoms in total. The minimum atomic E-state index is -0.312. The van der Waals surface area contributed by atoms with E-state index in [4.69, 9.17) is 9.47 Å². The lowest BCUT2D eigenvalue weighted by Crippen LogP contribution is -2.24. The van der Waals surface area contributed by atoms with Crippen LogP contribution in [0.1, 0.15) is 10.5 Å². The number of nitrogens with one attached hydrogen (secondary N) is 1. The number of ether oxygens (including phenoxy) is 2. The Labute approximate surface area is 128 Å². The normalized spacial score (nSPS) is 9.32. The second-order valence-electron chi connectivity index (χ2n) is 4.07. The molecule has 1 amide bonds. The molecule has 1 N–H and O–H groups in total. The van der Waals surface area contributed by atoms with Gasteiger partial charge in [-0.05, 0) is 12.1 Å². The van der Waals surface area contributed by atoms with E-state index < -0.39 is 0 Å². The fourth-order valence-electron chi connectivity index (χ4n) is 1.60. The molecule has 22 heavy (non-hydrogen) atoms. The molecule has 0 spiro atoms. The molecule has 0 atom stereocenters. The van der Waals surface area contributed by atoms with Gasteiger partial charge in [0.25, 0.3) is 5.91 Å². The summed E-state index contributed by atoms with van der Waals surface area (Å²) in [5.41, 5.74) is 0.259. The van der Waals surface area contributed by atoms with Crippen molar-refractivity contribution in [3.63, 3.8) is 0 Å². The van der Waals surface area contributed by atoms with E-state index in [0.717, 1.165) is 0 Å². The molecule has 1 aromatic carbocycles. The number of amides is 1. The minimum absolute atomic E-state index is 0.210. The number of aromatic nitrogens is 2. The van der Waals surface area contributed by atoms with Crippen LogP contribution in [0, 0.1) is 11.8 Å². The van der Waals surface area contributed by atoms with Gasteiger partial charge in [0.05, 0.1) is 19.9 Å². The number of nitrogens with zero attached hydrogens (tertiary/aromatic N) is 2. The first-order valence-corrected chi connectivity index (χ1v) is 6.57. The molecule has 0 saturated carbocycles. The average Bonchev–Trinajstić information content (AvgIpc) is 2.58. The Bertz CT molecular complexity index is 678. The zero-order chi connectivity index (χ0) is 15.6. The van der Waals surface area contributed by atoms with Gasteiger partial charge in [-0.1, -0.05) is 24.0 Å². The van der Waals surface area contributed by atoms with Gasteiger partial charge in [-0.15, -0.1) is 0 Å². The molecule has 0 unspecified atom stereocenters. The van der Waals surface area contributed by atoms with Crippen LogP contribution in [0.25, 0.3) is 0 Å². The van der Waals surface area contributed by atoms with E-state index in [1.165, 1.54) is 18.6 Å². The molecule has 0 saturated heterocycles. The van der Waals surface area contributed by atoms with E-state index in [1.807, 2.05) is 18.2 Å². The van der Waals surface area contributed by atoms with Gasteiger partial charge in [0, 0.05) is 12.4 Å². The van der Waals surface area contributed by atoms with Crippen LogP contribution in [0.3, 0.4) is 0 Å². The lowest BCUT2D eigenvalue weighted by atomic mass is 10.3. The van der Waals surface area contributed by atoms with Crippen LogP contribution in [0.15, 0.2) is 42.9 Å². The Balaban J connectivity index is 1.75. The van der Waals surface area contributed by atoms with Crippen molar-refractivity contribution in [3.05, 3.63) is 48.5 Å². The van der Waals surface area contributed by atoms with Crippen molar-refractivity contribution in [1.29, 1.82) is 0 Å². The lowest BCUT2D eigenvalue weighted by Gasteiger charge is -2.07. The van der Waals surface area contributed by atoms with Crippen LogP contribution < -0.4 is 14.8 Å². The number of hydrogen-bond donors (Lipinski definition) is 1. The molecule has 2 aromatic rings. The first kappa shape index (κ1) is 15.3. The largest absolute Gasteiger partial charge is 0.493 e. The zero-order valence-corrected chi connectivity index (χ0v) is 12.1. The minimum Gasteiger partial charge on any atom is -0.493 e. The fraction of sp³-hybridized carbons (Fsp3) is 0.188. The van der Waals surface area contributed by atoms with Crippen molar-refractivity contribution in [1.82, 2.24) is 15.3 Å². The lowest BCUT2D eigenvalue weighted by molar-refractivity contribution is 0.0953. The van der Waals surface area contributed by atoms with E-state index in [9.17, 15) is 4.79 Å². The third kappa shape index (κ3) is 4.49. The monoisotopic (exact) mass is 297 g/mol. The highest BCUT2D eigenvalue weighted by Gasteiger charge is 2.04. The predicted octanol–water partition coefficient (Wildman–Crippen LogP) is 1.30. The van der Waals surface area contributed by atoms with Crippen LogP contribution >= 0.6 is 0 Å². The SMILES string of the molecule is COc1ccccc1OCC#CCNC(=O)c1cnccn1. The third-order valence-electron chi connectivity index (χ3n) is 2.63. The van der Waals surface area contributed by atoms with Crippen molar-refractivity contribution >= 4 is 5.91 Å². The smallest absolute Gasteiger partial charge is 0.272 e. The van der Waals surface area contributed by atoms with E-state index >= 15 is 0 Å². The van der Waals surface area contributed by atoms with E-state index in [0.29, 0.717) is 11.5 Å². The Hall–Kier alpha value is -3.07. The second-order valence-corrected chi connectivity index (χ2v) is 4.07. The van der Waals surface area contributed by atoms with Gasteiger partial charge in [-0.3, -0.25) is 9.78 Å². The van der Waals surface area contributed by atoms with E-state index in [-0.39, 0.29) is 24.8 Å². The molecular formula is C16H15N3O3. The summed E-state index contributed by atoms with van der Waals surface area (Å²) in [5.74, 6) is 6.58. The van der Waals surface area contributed by atoms with Gasteiger partial charge in [0.1, 0.15) is 12.3 Å². The first-order chi connectivity index (χ1) is 10.8. The number of benzene rings is 1. The maximum Gasteiger partial charge on any atom is 0.272 e. The summed E-state index contributed by atoms with van der Waals surface area (Å²) >= 11 is 0. The van der Waals surface area contributed by atoms with Crippen LogP contribution in [0.4, 0.5) is 0 Å². The molecule has 1 aromatic heterocycles. The molecule has 2 rings (SSSR count). The van der Waals surface area contributed by atoms with Crippen LogP contribution in [-0.2, 0) is 0 Å². The standard InChI is InChI=1S/C16H15N3O3/c1-21-14-6-2-3-7-15(14)22-11-5-4-8-19-16(20)13-12-17-9-10-18-13/h2-3,6-7,9-10,12H,8,11H2,1H3,(H,19,20). The molecule has 6 heteroatoms. The van der Waals surface area contributed by atoms with Crippen LogP contribution in [-0.4, -0.2) is 36.1 Å². The summed E-state index contributed by atoms with van der Waals surface area (Å²) in [5, 5.41) is 2.62. The van der Waals surface area contributed by atoms with Gasteiger partial charge in [-0.2, -0.15) is 0 Å². The highest BCUT2D eigenvalue weighted by atomic mass is 16.5. The van der Waals surface area contributed by atoms with Gasteiger partial charge in [0.15, 0.2) is 11.5 Å². The maximum absolute atomic E-state index is 11.7. The number of methoxy groups -OCH3 is 1. The van der Waals surface area contributed by atoms with Crippen LogP contribution in [0.2, 0.25) is 0 Å². The molecule has 0 aliphatic rings. The fourth-order valence-corrected chi connectivity index (χ4v) is 1.60. The second kappa shape index (κ2) is 8.27. The Morgan fingerprint density at radius 1 is 1.23 bits per heavy atom.